The van der Waals surface area contributed by atoms with Crippen molar-refractivity contribution < 1.29 is 8.78 Å². The van der Waals surface area contributed by atoms with Gasteiger partial charge in [-0.05, 0) is 23.3 Å². The highest BCUT2D eigenvalue weighted by Gasteiger charge is 1.97. The average molecular weight is 157 g/mol. The summed E-state index contributed by atoms with van der Waals surface area (Å²) >= 11 is 0. The quantitative estimate of drug-likeness (QED) is 0.654. The first-order chi connectivity index (χ1) is 5.26. The van der Waals surface area contributed by atoms with E-state index in [-0.39, 0.29) is 0 Å². The van der Waals surface area contributed by atoms with E-state index in [9.17, 15) is 8.78 Å². The van der Waals surface area contributed by atoms with Crippen LogP contribution in [-0.2, 0) is 13.3 Å². The van der Waals surface area contributed by atoms with Crippen LogP contribution in [-0.4, -0.2) is 0 Å². The molecule has 0 radical (unpaired) electrons. The SMILES string of the molecule is Nc1cc(CF)cc(CF)c1. The van der Waals surface area contributed by atoms with E-state index >= 15 is 0 Å². The molecule has 0 spiro atoms. The maximum absolute atomic E-state index is 12.0. The minimum atomic E-state index is -0.599. The summed E-state index contributed by atoms with van der Waals surface area (Å²) in [6.07, 6.45) is 0. The van der Waals surface area contributed by atoms with Crippen LogP contribution >= 0.6 is 0 Å². The fourth-order valence-electron chi connectivity index (χ4n) is 0.946. The number of hydrogen-bond acceptors (Lipinski definition) is 1. The van der Waals surface area contributed by atoms with Gasteiger partial charge in [0, 0.05) is 5.69 Å². The molecule has 0 saturated heterocycles. The molecule has 0 aromatic heterocycles. The lowest BCUT2D eigenvalue weighted by Gasteiger charge is -2.00. The van der Waals surface area contributed by atoms with Gasteiger partial charge >= 0.3 is 0 Å². The van der Waals surface area contributed by atoms with Crippen LogP contribution in [0.3, 0.4) is 0 Å². The van der Waals surface area contributed by atoms with Crippen molar-refractivity contribution in [3.63, 3.8) is 0 Å². The molecule has 3 heteroatoms. The van der Waals surface area contributed by atoms with Gasteiger partial charge in [-0.1, -0.05) is 6.07 Å². The number of alkyl halides is 2. The molecule has 0 amide bonds. The standard InChI is InChI=1S/C8H9F2N/c9-4-6-1-7(5-10)3-8(11)2-6/h1-3H,4-5,11H2. The number of anilines is 1. The van der Waals surface area contributed by atoms with Crippen LogP contribution in [0.1, 0.15) is 11.1 Å². The topological polar surface area (TPSA) is 26.0 Å². The number of rotatable bonds is 2. The average Bonchev–Trinajstić information content (AvgIpc) is 2.03. The molecule has 0 heterocycles. The highest BCUT2D eigenvalue weighted by Crippen LogP contribution is 2.13. The van der Waals surface area contributed by atoms with Gasteiger partial charge in [-0.3, -0.25) is 0 Å². The molecule has 2 N–H and O–H groups in total. The summed E-state index contributed by atoms with van der Waals surface area (Å²) in [4.78, 5) is 0. The Hall–Kier alpha value is -1.12. The van der Waals surface area contributed by atoms with Crippen LogP contribution in [0.4, 0.5) is 14.5 Å². The minimum Gasteiger partial charge on any atom is -0.399 e. The molecule has 0 unspecified atom stereocenters. The molecule has 60 valence electrons. The zero-order valence-corrected chi connectivity index (χ0v) is 5.98. The number of halogens is 2. The van der Waals surface area contributed by atoms with E-state index in [0.717, 1.165) is 0 Å². The maximum atomic E-state index is 12.0. The molecule has 0 atom stereocenters. The summed E-state index contributed by atoms with van der Waals surface area (Å²) in [7, 11) is 0. The molecule has 1 aromatic carbocycles. The second kappa shape index (κ2) is 3.32. The lowest BCUT2D eigenvalue weighted by molar-refractivity contribution is 0.475. The van der Waals surface area contributed by atoms with Gasteiger partial charge in [-0.15, -0.1) is 0 Å². The van der Waals surface area contributed by atoms with Crippen LogP contribution in [0.25, 0.3) is 0 Å². The van der Waals surface area contributed by atoms with Gasteiger partial charge in [0.1, 0.15) is 13.3 Å². The fraction of sp³-hybridized carbons (Fsp3) is 0.250. The Morgan fingerprint density at radius 2 is 1.45 bits per heavy atom. The summed E-state index contributed by atoms with van der Waals surface area (Å²) in [6.45, 7) is -1.20. The van der Waals surface area contributed by atoms with Crippen molar-refractivity contribution in [1.82, 2.24) is 0 Å². The molecule has 0 fully saturated rings. The van der Waals surface area contributed by atoms with Gasteiger partial charge in [0.15, 0.2) is 0 Å². The third-order valence-corrected chi connectivity index (χ3v) is 1.38. The summed E-state index contributed by atoms with van der Waals surface area (Å²) in [6, 6.07) is 4.47. The Kier molecular flexibility index (Phi) is 2.41. The summed E-state index contributed by atoms with van der Waals surface area (Å²) in [5.41, 5.74) is 6.64. The number of hydrogen-bond donors (Lipinski definition) is 1. The molecule has 11 heavy (non-hydrogen) atoms. The van der Waals surface area contributed by atoms with Crippen molar-refractivity contribution in [1.29, 1.82) is 0 Å². The molecule has 1 nitrogen and oxygen atoms in total. The first-order valence-electron chi connectivity index (χ1n) is 3.26. The van der Waals surface area contributed by atoms with Crippen LogP contribution in [0.15, 0.2) is 18.2 Å². The number of benzene rings is 1. The van der Waals surface area contributed by atoms with Crippen molar-refractivity contribution in [3.8, 4) is 0 Å². The normalized spacial score (nSPS) is 10.0. The van der Waals surface area contributed by atoms with Gasteiger partial charge in [0.25, 0.3) is 0 Å². The molecule has 0 aliphatic carbocycles. The monoisotopic (exact) mass is 157 g/mol. The Labute approximate surface area is 63.8 Å². The summed E-state index contributed by atoms with van der Waals surface area (Å²) in [5, 5.41) is 0. The van der Waals surface area contributed by atoms with E-state index in [2.05, 4.69) is 0 Å². The molecule has 0 saturated carbocycles. The fourth-order valence-corrected chi connectivity index (χ4v) is 0.946. The van der Waals surface area contributed by atoms with E-state index in [1.165, 1.54) is 18.2 Å². The van der Waals surface area contributed by atoms with Gasteiger partial charge in [-0.25, -0.2) is 8.78 Å². The van der Waals surface area contributed by atoms with Crippen molar-refractivity contribution in [3.05, 3.63) is 29.3 Å². The second-order valence-electron chi connectivity index (χ2n) is 2.35. The molecular weight excluding hydrogens is 148 g/mol. The van der Waals surface area contributed by atoms with Crippen molar-refractivity contribution in [2.75, 3.05) is 5.73 Å². The van der Waals surface area contributed by atoms with E-state index in [0.29, 0.717) is 16.8 Å². The Balaban J connectivity index is 3.02. The van der Waals surface area contributed by atoms with Crippen molar-refractivity contribution in [2.45, 2.75) is 13.3 Å². The Morgan fingerprint density at radius 3 is 1.82 bits per heavy atom. The third kappa shape index (κ3) is 1.90. The summed E-state index contributed by atoms with van der Waals surface area (Å²) < 4.78 is 24.1. The third-order valence-electron chi connectivity index (χ3n) is 1.38. The Bertz CT molecular complexity index is 226. The Morgan fingerprint density at radius 1 is 1.00 bits per heavy atom. The highest BCUT2D eigenvalue weighted by molar-refractivity contribution is 5.44. The van der Waals surface area contributed by atoms with Crippen LogP contribution in [0.5, 0.6) is 0 Å². The van der Waals surface area contributed by atoms with Gasteiger partial charge in [0.05, 0.1) is 0 Å². The van der Waals surface area contributed by atoms with Crippen LogP contribution in [0.2, 0.25) is 0 Å². The first-order valence-corrected chi connectivity index (χ1v) is 3.26. The van der Waals surface area contributed by atoms with E-state index in [1.807, 2.05) is 0 Å². The van der Waals surface area contributed by atoms with E-state index in [4.69, 9.17) is 5.73 Å². The highest BCUT2D eigenvalue weighted by atomic mass is 19.1. The molecule has 0 aliphatic heterocycles. The minimum absolute atomic E-state index is 0.410. The van der Waals surface area contributed by atoms with Gasteiger partial charge in [-0.2, -0.15) is 0 Å². The molecule has 1 aromatic rings. The smallest absolute Gasteiger partial charge is 0.115 e. The maximum Gasteiger partial charge on any atom is 0.115 e. The van der Waals surface area contributed by atoms with Gasteiger partial charge < -0.3 is 5.73 Å². The zero-order chi connectivity index (χ0) is 8.27. The second-order valence-corrected chi connectivity index (χ2v) is 2.35. The largest absolute Gasteiger partial charge is 0.399 e. The zero-order valence-electron chi connectivity index (χ0n) is 5.98. The number of nitrogens with two attached hydrogens (primary N) is 1. The predicted molar refractivity (Wildman–Crippen MR) is 40.5 cm³/mol. The summed E-state index contributed by atoms with van der Waals surface area (Å²) in [5.74, 6) is 0. The predicted octanol–water partition coefficient (Wildman–Crippen LogP) is 2.21. The molecule has 0 bridgehead atoms. The van der Waals surface area contributed by atoms with E-state index < -0.39 is 13.3 Å². The molecule has 1 rings (SSSR count). The molecule has 0 aliphatic rings. The lowest BCUT2D eigenvalue weighted by Crippen LogP contribution is -1.90. The van der Waals surface area contributed by atoms with Crippen molar-refractivity contribution in [2.24, 2.45) is 0 Å². The van der Waals surface area contributed by atoms with E-state index in [1.54, 1.807) is 0 Å². The lowest BCUT2D eigenvalue weighted by atomic mass is 10.1. The first kappa shape index (κ1) is 7.98. The van der Waals surface area contributed by atoms with Gasteiger partial charge in [0.2, 0.25) is 0 Å². The van der Waals surface area contributed by atoms with Crippen LogP contribution < -0.4 is 5.73 Å². The number of nitrogen functional groups attached to an aromatic ring is 1. The van der Waals surface area contributed by atoms with Crippen LogP contribution in [0, 0.1) is 0 Å². The molecular formula is C8H9F2N. The van der Waals surface area contributed by atoms with Crippen molar-refractivity contribution >= 4 is 5.69 Å².